The minimum Gasteiger partial charge on any atom is -0.507 e. The topological polar surface area (TPSA) is 71.9 Å². The fourth-order valence-electron chi connectivity index (χ4n) is 4.08. The van der Waals surface area contributed by atoms with Gasteiger partial charge in [-0.25, -0.2) is 4.98 Å². The molecule has 3 heterocycles. The zero-order chi connectivity index (χ0) is 20.1. The van der Waals surface area contributed by atoms with Gasteiger partial charge >= 0.3 is 0 Å². The van der Waals surface area contributed by atoms with Gasteiger partial charge in [-0.3, -0.25) is 4.79 Å². The van der Waals surface area contributed by atoms with Crippen LogP contribution in [-0.4, -0.2) is 35.8 Å². The van der Waals surface area contributed by atoms with Crippen LogP contribution in [0.15, 0.2) is 29.8 Å². The molecule has 0 aliphatic carbocycles. The molecule has 6 nitrogen and oxygen atoms in total. The highest BCUT2D eigenvalue weighted by Crippen LogP contribution is 2.50. The van der Waals surface area contributed by atoms with E-state index in [1.165, 1.54) is 11.3 Å². The first-order chi connectivity index (χ1) is 14.0. The van der Waals surface area contributed by atoms with Crippen molar-refractivity contribution >= 4 is 33.1 Å². The first-order valence-corrected chi connectivity index (χ1v) is 10.7. The van der Waals surface area contributed by atoms with Crippen molar-refractivity contribution in [3.05, 3.63) is 40.9 Å². The Kier molecular flexibility index (Phi) is 4.35. The van der Waals surface area contributed by atoms with E-state index >= 15 is 0 Å². The van der Waals surface area contributed by atoms with Crippen LogP contribution < -0.4 is 14.4 Å². The predicted molar refractivity (Wildman–Crippen MR) is 112 cm³/mol. The van der Waals surface area contributed by atoms with E-state index in [4.69, 9.17) is 9.47 Å². The summed E-state index contributed by atoms with van der Waals surface area (Å²) in [6, 6.07) is 7.25. The van der Waals surface area contributed by atoms with E-state index in [1.807, 2.05) is 17.0 Å². The Balaban J connectivity index is 1.68. The number of aromatic hydroxyl groups is 1. The van der Waals surface area contributed by atoms with Gasteiger partial charge < -0.3 is 19.5 Å². The molecule has 1 unspecified atom stereocenters. The van der Waals surface area contributed by atoms with Gasteiger partial charge in [0.2, 0.25) is 5.91 Å². The average Bonchev–Trinajstić information content (AvgIpc) is 3.28. The zero-order valence-electron chi connectivity index (χ0n) is 16.3. The maximum Gasteiger partial charge on any atom is 0.239 e. The summed E-state index contributed by atoms with van der Waals surface area (Å²) in [4.78, 5) is 19.9. The lowest BCUT2D eigenvalue weighted by Crippen LogP contribution is -2.30. The molecule has 3 aromatic rings. The number of phenols is 1. The largest absolute Gasteiger partial charge is 0.507 e. The number of thiazole rings is 1. The lowest BCUT2D eigenvalue weighted by Gasteiger charge is -2.22. The number of nitrogens with zero attached hydrogens (tertiary/aromatic N) is 2. The van der Waals surface area contributed by atoms with Gasteiger partial charge in [0, 0.05) is 29.4 Å². The molecule has 1 N–H and O–H groups in total. The number of ether oxygens (including phenoxy) is 2. The first-order valence-electron chi connectivity index (χ1n) is 9.84. The Morgan fingerprint density at radius 3 is 2.76 bits per heavy atom. The predicted octanol–water partition coefficient (Wildman–Crippen LogP) is 4.30. The van der Waals surface area contributed by atoms with Crippen LogP contribution in [-0.2, 0) is 4.79 Å². The SMILES string of the molecule is CC(C)CCN1C(=O)C(c2cc3c(cc2O)OCCO3)c2c1ccc1ncsc21. The normalized spacial score (nSPS) is 18.0. The maximum atomic E-state index is 13.6. The second-order valence-corrected chi connectivity index (χ2v) is 8.71. The van der Waals surface area contributed by atoms with Crippen LogP contribution in [0, 0.1) is 5.92 Å². The molecule has 1 amide bonds. The summed E-state index contributed by atoms with van der Waals surface area (Å²) >= 11 is 1.53. The molecule has 0 saturated carbocycles. The summed E-state index contributed by atoms with van der Waals surface area (Å²) in [6.45, 7) is 5.85. The van der Waals surface area contributed by atoms with E-state index in [1.54, 1.807) is 17.6 Å². The molecule has 0 spiro atoms. The molecule has 150 valence electrons. The number of aromatic nitrogens is 1. The number of amides is 1. The van der Waals surface area contributed by atoms with E-state index in [9.17, 15) is 9.90 Å². The minimum atomic E-state index is -0.586. The molecular formula is C22H22N2O4S. The maximum absolute atomic E-state index is 13.6. The Labute approximate surface area is 172 Å². The highest BCUT2D eigenvalue weighted by Gasteiger charge is 2.41. The van der Waals surface area contributed by atoms with Gasteiger partial charge in [-0.1, -0.05) is 13.8 Å². The molecule has 7 heteroatoms. The van der Waals surface area contributed by atoms with Gasteiger partial charge in [-0.15, -0.1) is 11.3 Å². The van der Waals surface area contributed by atoms with E-state index < -0.39 is 5.92 Å². The number of carbonyl (C=O) groups excluding carboxylic acids is 1. The number of hydrogen-bond donors (Lipinski definition) is 1. The van der Waals surface area contributed by atoms with Crippen LogP contribution in [0.2, 0.25) is 0 Å². The summed E-state index contributed by atoms with van der Waals surface area (Å²) in [5.41, 5.74) is 5.05. The van der Waals surface area contributed by atoms with Gasteiger partial charge in [0.25, 0.3) is 0 Å². The number of carbonyl (C=O) groups is 1. The van der Waals surface area contributed by atoms with E-state index in [2.05, 4.69) is 18.8 Å². The highest BCUT2D eigenvalue weighted by molar-refractivity contribution is 7.17. The number of phenolic OH excluding ortho intramolecular Hbond substituents is 1. The lowest BCUT2D eigenvalue weighted by atomic mass is 9.91. The molecular weight excluding hydrogens is 388 g/mol. The molecule has 1 atom stereocenters. The van der Waals surface area contributed by atoms with Crippen molar-refractivity contribution in [2.75, 3.05) is 24.7 Å². The third-order valence-corrected chi connectivity index (χ3v) is 6.42. The molecule has 2 aliphatic rings. The molecule has 5 rings (SSSR count). The number of fused-ring (bicyclic) bond motifs is 4. The van der Waals surface area contributed by atoms with Crippen molar-refractivity contribution in [2.24, 2.45) is 5.92 Å². The first kappa shape index (κ1) is 18.2. The number of hydrogen-bond acceptors (Lipinski definition) is 6. The Morgan fingerprint density at radius 1 is 1.24 bits per heavy atom. The van der Waals surface area contributed by atoms with Crippen molar-refractivity contribution in [1.82, 2.24) is 4.98 Å². The molecule has 0 fully saturated rings. The van der Waals surface area contributed by atoms with Gasteiger partial charge in [0.15, 0.2) is 11.5 Å². The van der Waals surface area contributed by atoms with Gasteiger partial charge in [-0.05, 0) is 30.5 Å². The van der Waals surface area contributed by atoms with Gasteiger partial charge in [-0.2, -0.15) is 0 Å². The molecule has 2 aromatic carbocycles. The summed E-state index contributed by atoms with van der Waals surface area (Å²) in [7, 11) is 0. The monoisotopic (exact) mass is 410 g/mol. The summed E-state index contributed by atoms with van der Waals surface area (Å²) < 4.78 is 12.3. The number of anilines is 1. The quantitative estimate of drug-likeness (QED) is 0.694. The standard InChI is InChI=1S/C22H22N2O4S/c1-12(2)5-6-24-15-4-3-14-21(29-11-23-14)20(15)19(22(24)26)13-9-17-18(10-16(13)25)28-8-7-27-17/h3-4,9-12,19,25H,5-8H2,1-2H3. The molecule has 0 bridgehead atoms. The third-order valence-electron chi connectivity index (χ3n) is 5.54. The fraction of sp³-hybridized carbons (Fsp3) is 0.364. The van der Waals surface area contributed by atoms with Gasteiger partial charge in [0.05, 0.1) is 21.6 Å². The average molecular weight is 410 g/mol. The van der Waals surface area contributed by atoms with Crippen LogP contribution in [0.4, 0.5) is 5.69 Å². The second-order valence-electron chi connectivity index (χ2n) is 7.86. The smallest absolute Gasteiger partial charge is 0.239 e. The van der Waals surface area contributed by atoms with Crippen LogP contribution in [0.5, 0.6) is 17.2 Å². The summed E-state index contributed by atoms with van der Waals surface area (Å²) in [5.74, 6) is 1.00. The molecule has 29 heavy (non-hydrogen) atoms. The Bertz CT molecular complexity index is 1110. The van der Waals surface area contributed by atoms with E-state index in [-0.39, 0.29) is 11.7 Å². The molecule has 0 radical (unpaired) electrons. The van der Waals surface area contributed by atoms with Crippen LogP contribution in [0.3, 0.4) is 0 Å². The van der Waals surface area contributed by atoms with Crippen molar-refractivity contribution in [1.29, 1.82) is 0 Å². The third kappa shape index (κ3) is 2.92. The van der Waals surface area contributed by atoms with Crippen LogP contribution >= 0.6 is 11.3 Å². The molecule has 0 saturated heterocycles. The fourth-order valence-corrected chi connectivity index (χ4v) is 4.95. The molecule has 1 aromatic heterocycles. The van der Waals surface area contributed by atoms with Crippen molar-refractivity contribution in [2.45, 2.75) is 26.2 Å². The van der Waals surface area contributed by atoms with E-state index in [0.29, 0.717) is 42.7 Å². The summed E-state index contributed by atoms with van der Waals surface area (Å²) in [6.07, 6.45) is 0.908. The Hall–Kier alpha value is -2.80. The number of benzene rings is 2. The minimum absolute atomic E-state index is 0.0199. The van der Waals surface area contributed by atoms with Crippen molar-refractivity contribution in [3.63, 3.8) is 0 Å². The highest BCUT2D eigenvalue weighted by atomic mass is 32.1. The van der Waals surface area contributed by atoms with Crippen molar-refractivity contribution < 1.29 is 19.4 Å². The second kappa shape index (κ2) is 6.91. The lowest BCUT2D eigenvalue weighted by molar-refractivity contribution is -0.118. The van der Waals surface area contributed by atoms with Gasteiger partial charge in [0.1, 0.15) is 19.0 Å². The Morgan fingerprint density at radius 2 is 2.00 bits per heavy atom. The molecule has 2 aliphatic heterocycles. The van der Waals surface area contributed by atoms with Crippen molar-refractivity contribution in [3.8, 4) is 17.2 Å². The van der Waals surface area contributed by atoms with Crippen LogP contribution in [0.1, 0.15) is 37.3 Å². The zero-order valence-corrected chi connectivity index (χ0v) is 17.2. The number of rotatable bonds is 4. The summed E-state index contributed by atoms with van der Waals surface area (Å²) in [5, 5.41) is 10.8. The van der Waals surface area contributed by atoms with E-state index in [0.717, 1.165) is 27.9 Å². The van der Waals surface area contributed by atoms with Crippen LogP contribution in [0.25, 0.3) is 10.2 Å².